The van der Waals surface area contributed by atoms with Gasteiger partial charge >= 0.3 is 0 Å². The molecule has 1 amide bonds. The highest BCUT2D eigenvalue weighted by Crippen LogP contribution is 2.28. The van der Waals surface area contributed by atoms with Crippen molar-refractivity contribution in [3.05, 3.63) is 60.2 Å². The predicted molar refractivity (Wildman–Crippen MR) is 109 cm³/mol. The van der Waals surface area contributed by atoms with Crippen LogP contribution in [0.4, 0.5) is 5.69 Å². The molecule has 0 bridgehead atoms. The standard InChI is InChI=1S/C20H18N2O4S/c1-25-17-9-6-13(11-18(17)26-2)19(24)22-20(27)21-16-5-3-4-12-10-14(23)7-8-15(12)16/h3-11,23H,1-2H3,(H2,21,22,24,27). The Hall–Kier alpha value is -3.32. The van der Waals surface area contributed by atoms with Crippen LogP contribution in [0.15, 0.2) is 54.6 Å². The summed E-state index contributed by atoms with van der Waals surface area (Å²) in [6.07, 6.45) is 0. The Morgan fingerprint density at radius 1 is 1.00 bits per heavy atom. The average molecular weight is 382 g/mol. The van der Waals surface area contributed by atoms with E-state index in [1.165, 1.54) is 14.2 Å². The molecule has 3 rings (SSSR count). The smallest absolute Gasteiger partial charge is 0.257 e. The molecule has 0 aromatic heterocycles. The van der Waals surface area contributed by atoms with Crippen LogP contribution >= 0.6 is 12.2 Å². The molecule has 3 aromatic rings. The molecule has 0 unspecified atom stereocenters. The van der Waals surface area contributed by atoms with Crippen LogP contribution in [0.2, 0.25) is 0 Å². The fraction of sp³-hybridized carbons (Fsp3) is 0.100. The van der Waals surface area contributed by atoms with Crippen molar-refractivity contribution in [2.24, 2.45) is 0 Å². The SMILES string of the molecule is COc1ccc(C(=O)NC(=S)Nc2cccc3cc(O)ccc23)cc1OC. The second-order valence-electron chi connectivity index (χ2n) is 5.69. The summed E-state index contributed by atoms with van der Waals surface area (Å²) in [7, 11) is 3.03. The Morgan fingerprint density at radius 2 is 1.78 bits per heavy atom. The average Bonchev–Trinajstić information content (AvgIpc) is 2.67. The minimum atomic E-state index is -0.369. The Balaban J connectivity index is 1.75. The van der Waals surface area contributed by atoms with Gasteiger partial charge in [0.1, 0.15) is 5.75 Å². The molecule has 0 saturated carbocycles. The summed E-state index contributed by atoms with van der Waals surface area (Å²) >= 11 is 5.26. The first-order valence-corrected chi connectivity index (χ1v) is 8.48. The van der Waals surface area contributed by atoms with Gasteiger partial charge in [-0.1, -0.05) is 12.1 Å². The van der Waals surface area contributed by atoms with Crippen LogP contribution in [-0.4, -0.2) is 30.3 Å². The molecular formula is C20H18N2O4S. The van der Waals surface area contributed by atoms with Crippen LogP contribution in [0.5, 0.6) is 17.2 Å². The number of hydrogen-bond acceptors (Lipinski definition) is 5. The van der Waals surface area contributed by atoms with Crippen molar-refractivity contribution in [1.29, 1.82) is 0 Å². The Morgan fingerprint density at radius 3 is 2.52 bits per heavy atom. The lowest BCUT2D eigenvalue weighted by Gasteiger charge is -2.13. The summed E-state index contributed by atoms with van der Waals surface area (Å²) in [5, 5.41) is 17.2. The third-order valence-corrected chi connectivity index (χ3v) is 4.19. The zero-order chi connectivity index (χ0) is 19.4. The fourth-order valence-electron chi connectivity index (χ4n) is 2.69. The number of phenolic OH excluding ortho intramolecular Hbond substituents is 1. The van der Waals surface area contributed by atoms with Gasteiger partial charge in [-0.05, 0) is 60.1 Å². The van der Waals surface area contributed by atoms with Crippen LogP contribution < -0.4 is 20.1 Å². The number of rotatable bonds is 4. The lowest BCUT2D eigenvalue weighted by Crippen LogP contribution is -2.34. The second kappa shape index (κ2) is 7.92. The zero-order valence-electron chi connectivity index (χ0n) is 14.8. The van der Waals surface area contributed by atoms with Gasteiger partial charge in [0, 0.05) is 16.6 Å². The number of carbonyl (C=O) groups excluding carboxylic acids is 1. The van der Waals surface area contributed by atoms with Gasteiger partial charge in [0.25, 0.3) is 5.91 Å². The number of methoxy groups -OCH3 is 2. The number of benzene rings is 3. The van der Waals surface area contributed by atoms with Crippen LogP contribution in [0.25, 0.3) is 10.8 Å². The van der Waals surface area contributed by atoms with E-state index in [4.69, 9.17) is 21.7 Å². The monoisotopic (exact) mass is 382 g/mol. The normalized spacial score (nSPS) is 10.3. The molecule has 0 heterocycles. The maximum atomic E-state index is 12.5. The highest BCUT2D eigenvalue weighted by Gasteiger charge is 2.12. The van der Waals surface area contributed by atoms with Crippen molar-refractivity contribution in [1.82, 2.24) is 5.32 Å². The lowest BCUT2D eigenvalue weighted by molar-refractivity contribution is 0.0977. The third kappa shape index (κ3) is 4.09. The number of hydrogen-bond donors (Lipinski definition) is 3. The molecule has 0 atom stereocenters. The topological polar surface area (TPSA) is 79.8 Å². The largest absolute Gasteiger partial charge is 0.508 e. The van der Waals surface area contributed by atoms with Gasteiger partial charge in [0.15, 0.2) is 16.6 Å². The predicted octanol–water partition coefficient (Wildman–Crippen LogP) is 3.69. The van der Waals surface area contributed by atoms with Gasteiger partial charge in [0.2, 0.25) is 0 Å². The van der Waals surface area contributed by atoms with Gasteiger partial charge in [-0.15, -0.1) is 0 Å². The number of fused-ring (bicyclic) bond motifs is 1. The molecule has 0 aliphatic rings. The van der Waals surface area contributed by atoms with E-state index in [1.807, 2.05) is 18.2 Å². The van der Waals surface area contributed by atoms with Gasteiger partial charge in [0.05, 0.1) is 14.2 Å². The number of nitrogens with one attached hydrogen (secondary N) is 2. The Kier molecular flexibility index (Phi) is 5.42. The summed E-state index contributed by atoms with van der Waals surface area (Å²) in [6.45, 7) is 0. The van der Waals surface area contributed by atoms with Crippen molar-refractivity contribution in [3.8, 4) is 17.2 Å². The Bertz CT molecular complexity index is 1020. The van der Waals surface area contributed by atoms with Crippen molar-refractivity contribution in [2.75, 3.05) is 19.5 Å². The lowest BCUT2D eigenvalue weighted by atomic mass is 10.1. The molecule has 0 aliphatic carbocycles. The van der Waals surface area contributed by atoms with Crippen LogP contribution in [0.3, 0.4) is 0 Å². The van der Waals surface area contributed by atoms with E-state index < -0.39 is 0 Å². The van der Waals surface area contributed by atoms with Crippen molar-refractivity contribution in [2.45, 2.75) is 0 Å². The second-order valence-corrected chi connectivity index (χ2v) is 6.10. The van der Waals surface area contributed by atoms with E-state index in [0.717, 1.165) is 16.5 Å². The number of ether oxygens (including phenoxy) is 2. The fourth-order valence-corrected chi connectivity index (χ4v) is 2.89. The molecule has 7 heteroatoms. The summed E-state index contributed by atoms with van der Waals surface area (Å²) in [4.78, 5) is 12.5. The minimum absolute atomic E-state index is 0.162. The molecule has 0 aliphatic heterocycles. The Labute approximate surface area is 161 Å². The van der Waals surface area contributed by atoms with Crippen LogP contribution in [0, 0.1) is 0 Å². The highest BCUT2D eigenvalue weighted by molar-refractivity contribution is 7.80. The van der Waals surface area contributed by atoms with Crippen LogP contribution in [0.1, 0.15) is 10.4 Å². The zero-order valence-corrected chi connectivity index (χ0v) is 15.6. The first kappa shape index (κ1) is 18.5. The van der Waals surface area contributed by atoms with Gasteiger partial charge in [-0.2, -0.15) is 0 Å². The molecule has 27 heavy (non-hydrogen) atoms. The van der Waals surface area contributed by atoms with Gasteiger partial charge in [-0.25, -0.2) is 0 Å². The van der Waals surface area contributed by atoms with Crippen molar-refractivity contribution in [3.63, 3.8) is 0 Å². The number of anilines is 1. The molecule has 0 spiro atoms. The third-order valence-electron chi connectivity index (χ3n) is 3.98. The molecule has 6 nitrogen and oxygen atoms in total. The number of thiocarbonyl (C=S) groups is 1. The minimum Gasteiger partial charge on any atom is -0.508 e. The van der Waals surface area contributed by atoms with Gasteiger partial charge < -0.3 is 19.9 Å². The molecule has 3 N–H and O–H groups in total. The molecule has 138 valence electrons. The molecule has 3 aromatic carbocycles. The van der Waals surface area contributed by atoms with E-state index in [0.29, 0.717) is 17.1 Å². The van der Waals surface area contributed by atoms with E-state index in [2.05, 4.69) is 10.6 Å². The van der Waals surface area contributed by atoms with E-state index in [9.17, 15) is 9.90 Å². The first-order valence-electron chi connectivity index (χ1n) is 8.08. The van der Waals surface area contributed by atoms with E-state index in [-0.39, 0.29) is 16.8 Å². The maximum absolute atomic E-state index is 12.5. The first-order chi connectivity index (χ1) is 13.0. The molecule has 0 fully saturated rings. The summed E-state index contributed by atoms with van der Waals surface area (Å²) in [5.41, 5.74) is 1.12. The molecular weight excluding hydrogens is 364 g/mol. The van der Waals surface area contributed by atoms with Crippen molar-refractivity contribution >= 4 is 39.7 Å². The summed E-state index contributed by atoms with van der Waals surface area (Å²) in [5.74, 6) is 0.807. The quantitative estimate of drug-likeness (QED) is 0.597. The number of carbonyl (C=O) groups is 1. The van der Waals surface area contributed by atoms with Gasteiger partial charge in [-0.3, -0.25) is 10.1 Å². The summed E-state index contributed by atoms with van der Waals surface area (Å²) < 4.78 is 10.4. The number of phenols is 1. The van der Waals surface area contributed by atoms with E-state index >= 15 is 0 Å². The van der Waals surface area contributed by atoms with E-state index in [1.54, 1.807) is 36.4 Å². The maximum Gasteiger partial charge on any atom is 0.257 e. The number of amides is 1. The highest BCUT2D eigenvalue weighted by atomic mass is 32.1. The summed E-state index contributed by atoms with van der Waals surface area (Å²) in [6, 6.07) is 15.5. The van der Waals surface area contributed by atoms with Crippen molar-refractivity contribution < 1.29 is 19.4 Å². The van der Waals surface area contributed by atoms with Crippen LogP contribution in [-0.2, 0) is 0 Å². The molecule has 0 radical (unpaired) electrons. The number of aromatic hydroxyl groups is 1. The molecule has 0 saturated heterocycles.